The molecule has 116 valence electrons. The molecule has 1 heteroatoms. The summed E-state index contributed by atoms with van der Waals surface area (Å²) in [6.45, 7) is 12.4. The van der Waals surface area contributed by atoms with Crippen molar-refractivity contribution in [1.82, 2.24) is 0 Å². The molecule has 0 bridgehead atoms. The Balaban J connectivity index is 2.92. The second-order valence-corrected chi connectivity index (χ2v) is 6.51. The molecule has 21 heavy (non-hydrogen) atoms. The Hall–Kier alpha value is -1.37. The molecule has 0 amide bonds. The first-order chi connectivity index (χ1) is 9.90. The van der Waals surface area contributed by atoms with Gasteiger partial charge in [0.25, 0.3) is 0 Å². The van der Waals surface area contributed by atoms with Gasteiger partial charge in [0.15, 0.2) is 0 Å². The average Bonchev–Trinajstić information content (AvgIpc) is 2.37. The molecule has 1 atom stereocenters. The van der Waals surface area contributed by atoms with E-state index in [1.54, 1.807) is 0 Å². The highest BCUT2D eigenvalue weighted by atomic mass is 16.1. The topological polar surface area (TPSA) is 17.1 Å². The summed E-state index contributed by atoms with van der Waals surface area (Å²) in [5.41, 5.74) is 5.01. The smallest absolute Gasteiger partial charge is 0.144 e. The van der Waals surface area contributed by atoms with Crippen LogP contribution < -0.4 is 0 Å². The molecule has 0 N–H and O–H groups in total. The summed E-state index contributed by atoms with van der Waals surface area (Å²) < 4.78 is 0. The average molecular weight is 286 g/mol. The van der Waals surface area contributed by atoms with Crippen LogP contribution in [0.4, 0.5) is 0 Å². The second kappa shape index (κ2) is 8.81. The molecule has 0 aromatic heterocycles. The Bertz CT molecular complexity index is 474. The molecule has 1 aliphatic rings. The van der Waals surface area contributed by atoms with Gasteiger partial charge in [0, 0.05) is 12.3 Å². The lowest BCUT2D eigenvalue weighted by Gasteiger charge is -2.15. The molecule has 1 nitrogen and oxygen atoms in total. The molecule has 0 radical (unpaired) electrons. The van der Waals surface area contributed by atoms with Gasteiger partial charge in [-0.05, 0) is 59.8 Å². The summed E-state index contributed by atoms with van der Waals surface area (Å²) >= 11 is 0. The maximum absolute atomic E-state index is 12.5. The highest BCUT2D eigenvalue weighted by Crippen LogP contribution is 2.22. The normalized spacial score (nSPS) is 30.2. The molecule has 0 heterocycles. The monoisotopic (exact) mass is 286 g/mol. The van der Waals surface area contributed by atoms with Crippen molar-refractivity contribution in [2.45, 2.75) is 66.2 Å². The minimum atomic E-state index is -0.0245. The van der Waals surface area contributed by atoms with Crippen LogP contribution in [-0.4, -0.2) is 5.78 Å². The van der Waals surface area contributed by atoms with E-state index in [9.17, 15) is 4.79 Å². The van der Waals surface area contributed by atoms with E-state index in [-0.39, 0.29) is 5.92 Å². The Labute approximate surface area is 130 Å². The third-order valence-electron chi connectivity index (χ3n) is 4.20. The second-order valence-electron chi connectivity index (χ2n) is 6.51. The summed E-state index contributed by atoms with van der Waals surface area (Å²) in [5.74, 6) is 0.285. The Morgan fingerprint density at radius 1 is 1.00 bits per heavy atom. The van der Waals surface area contributed by atoms with Crippen LogP contribution in [0.1, 0.15) is 66.2 Å². The van der Waals surface area contributed by atoms with Crippen molar-refractivity contribution in [2.75, 3.05) is 0 Å². The Morgan fingerprint density at radius 2 is 1.52 bits per heavy atom. The van der Waals surface area contributed by atoms with Crippen LogP contribution >= 0.6 is 0 Å². The summed E-state index contributed by atoms with van der Waals surface area (Å²) in [6, 6.07) is 0. The standard InChI is InChI=1S/C20H30O/c1-15(2)19-13-12-17(4)10-6-8-16(3)9-7-11-18(5)14-20(19)21/h8,11-12,19H,1,6-7,9-10,13-14H2,2-5H3/b16-8-,17-12-,18-11+/t19-/m0/s1. The highest BCUT2D eigenvalue weighted by molar-refractivity contribution is 5.85. The van der Waals surface area contributed by atoms with E-state index in [1.165, 1.54) is 16.7 Å². The first kappa shape index (κ1) is 17.7. The van der Waals surface area contributed by atoms with E-state index in [0.717, 1.165) is 37.7 Å². The summed E-state index contributed by atoms with van der Waals surface area (Å²) in [5, 5.41) is 0. The highest BCUT2D eigenvalue weighted by Gasteiger charge is 2.18. The Kier molecular flexibility index (Phi) is 7.42. The van der Waals surface area contributed by atoms with E-state index >= 15 is 0 Å². The molecule has 1 rings (SSSR count). The number of rotatable bonds is 1. The van der Waals surface area contributed by atoms with Gasteiger partial charge in [-0.25, -0.2) is 0 Å². The Morgan fingerprint density at radius 3 is 2.10 bits per heavy atom. The van der Waals surface area contributed by atoms with Crippen LogP contribution in [0, 0.1) is 5.92 Å². The van der Waals surface area contributed by atoms with E-state index < -0.39 is 0 Å². The van der Waals surface area contributed by atoms with E-state index in [0.29, 0.717) is 12.2 Å². The zero-order valence-electron chi connectivity index (χ0n) is 14.2. The van der Waals surface area contributed by atoms with Gasteiger partial charge in [-0.2, -0.15) is 0 Å². The van der Waals surface area contributed by atoms with Crippen LogP contribution in [0.5, 0.6) is 0 Å². The molecular weight excluding hydrogens is 256 g/mol. The molecular formula is C20H30O. The lowest BCUT2D eigenvalue weighted by molar-refractivity contribution is -0.121. The summed E-state index contributed by atoms with van der Waals surface area (Å²) in [7, 11) is 0. The number of ketones is 1. The van der Waals surface area contributed by atoms with E-state index in [1.807, 2.05) is 6.92 Å². The molecule has 0 aromatic carbocycles. The number of hydrogen-bond acceptors (Lipinski definition) is 1. The fourth-order valence-electron chi connectivity index (χ4n) is 2.69. The van der Waals surface area contributed by atoms with E-state index in [2.05, 4.69) is 45.6 Å². The van der Waals surface area contributed by atoms with Crippen LogP contribution in [-0.2, 0) is 4.79 Å². The minimum Gasteiger partial charge on any atom is -0.299 e. The zero-order valence-corrected chi connectivity index (χ0v) is 14.2. The zero-order chi connectivity index (χ0) is 15.8. The van der Waals surface area contributed by atoms with Gasteiger partial charge in [-0.3, -0.25) is 4.79 Å². The number of Topliss-reactive ketones (excluding diaryl/α,β-unsaturated/α-hetero) is 1. The van der Waals surface area contributed by atoms with E-state index in [4.69, 9.17) is 0 Å². The SMILES string of the molecule is C=C(C)[C@@H]1C/C=C(/C)CC/C=C(/C)CC/C=C(\C)CC1=O. The van der Waals surface area contributed by atoms with Crippen molar-refractivity contribution in [3.63, 3.8) is 0 Å². The molecule has 0 fully saturated rings. The van der Waals surface area contributed by atoms with Gasteiger partial charge in [-0.1, -0.05) is 47.1 Å². The minimum absolute atomic E-state index is 0.0245. The molecule has 0 saturated heterocycles. The van der Waals surface area contributed by atoms with Crippen molar-refractivity contribution in [2.24, 2.45) is 5.92 Å². The lowest BCUT2D eigenvalue weighted by atomic mass is 9.88. The van der Waals surface area contributed by atoms with Gasteiger partial charge in [0.05, 0.1) is 0 Å². The number of hydrogen-bond donors (Lipinski definition) is 0. The van der Waals surface area contributed by atoms with Crippen molar-refractivity contribution >= 4 is 5.78 Å². The van der Waals surface area contributed by atoms with Crippen molar-refractivity contribution < 1.29 is 4.79 Å². The van der Waals surface area contributed by atoms with Crippen LogP contribution in [0.25, 0.3) is 0 Å². The van der Waals surface area contributed by atoms with Crippen LogP contribution in [0.3, 0.4) is 0 Å². The first-order valence-electron chi connectivity index (χ1n) is 8.05. The van der Waals surface area contributed by atoms with Gasteiger partial charge in [-0.15, -0.1) is 0 Å². The van der Waals surface area contributed by atoms with Crippen molar-refractivity contribution in [1.29, 1.82) is 0 Å². The quantitative estimate of drug-likeness (QED) is 0.545. The van der Waals surface area contributed by atoms with Gasteiger partial charge < -0.3 is 0 Å². The van der Waals surface area contributed by atoms with Crippen molar-refractivity contribution in [3.8, 4) is 0 Å². The molecule has 0 spiro atoms. The fraction of sp³-hybridized carbons (Fsp3) is 0.550. The first-order valence-corrected chi connectivity index (χ1v) is 8.05. The third kappa shape index (κ3) is 6.75. The lowest BCUT2D eigenvalue weighted by Crippen LogP contribution is -2.15. The van der Waals surface area contributed by atoms with Crippen molar-refractivity contribution in [3.05, 3.63) is 47.1 Å². The third-order valence-corrected chi connectivity index (χ3v) is 4.20. The predicted molar refractivity (Wildman–Crippen MR) is 92.3 cm³/mol. The maximum atomic E-state index is 12.5. The predicted octanol–water partition coefficient (Wildman–Crippen LogP) is 5.94. The van der Waals surface area contributed by atoms with Crippen LogP contribution in [0.2, 0.25) is 0 Å². The largest absolute Gasteiger partial charge is 0.299 e. The molecule has 0 saturated carbocycles. The summed E-state index contributed by atoms with van der Waals surface area (Å²) in [4.78, 5) is 12.5. The van der Waals surface area contributed by atoms with Gasteiger partial charge in [0.2, 0.25) is 0 Å². The molecule has 0 aliphatic heterocycles. The fourth-order valence-corrected chi connectivity index (χ4v) is 2.69. The van der Waals surface area contributed by atoms with Gasteiger partial charge >= 0.3 is 0 Å². The van der Waals surface area contributed by atoms with Gasteiger partial charge in [0.1, 0.15) is 5.78 Å². The number of carbonyl (C=O) groups excluding carboxylic acids is 1. The number of carbonyl (C=O) groups is 1. The molecule has 1 aliphatic carbocycles. The molecule has 0 unspecified atom stereocenters. The summed E-state index contributed by atoms with van der Waals surface area (Å²) in [6.07, 6.45) is 12.5. The van der Waals surface area contributed by atoms with Crippen LogP contribution in [0.15, 0.2) is 47.1 Å². The maximum Gasteiger partial charge on any atom is 0.144 e. The molecule has 0 aromatic rings. The number of allylic oxidation sites excluding steroid dienone is 7.